The van der Waals surface area contributed by atoms with E-state index in [-0.39, 0.29) is 28.5 Å². The number of Topliss-reactive ketones (excluding diaryl/α,β-unsaturated/α-hetero) is 1. The van der Waals surface area contributed by atoms with Crippen LogP contribution in [0.2, 0.25) is 0 Å². The van der Waals surface area contributed by atoms with Gasteiger partial charge in [-0.1, -0.05) is 43.7 Å². The summed E-state index contributed by atoms with van der Waals surface area (Å²) >= 11 is 0. The molecule has 2 aromatic heterocycles. The molecule has 4 rings (SSSR count). The zero-order valence-electron chi connectivity index (χ0n) is 22.0. The first kappa shape index (κ1) is 27.0. The van der Waals surface area contributed by atoms with Gasteiger partial charge in [0.1, 0.15) is 17.1 Å². The fraction of sp³-hybridized carbons (Fsp3) is 0.286. The number of allylic oxidation sites excluding steroid dienone is 2. The Bertz CT molecular complexity index is 1570. The minimum absolute atomic E-state index is 0.00552. The third-order valence-corrected chi connectivity index (χ3v) is 7.50. The van der Waals surface area contributed by atoms with Gasteiger partial charge in [0.05, 0.1) is 5.69 Å². The third kappa shape index (κ3) is 5.75. The van der Waals surface area contributed by atoms with Crippen molar-refractivity contribution in [2.75, 3.05) is 5.73 Å². The Hall–Kier alpha value is -4.05. The molecule has 3 N–H and O–H groups in total. The number of anilines is 1. The van der Waals surface area contributed by atoms with Crippen molar-refractivity contribution in [2.24, 2.45) is 5.41 Å². The summed E-state index contributed by atoms with van der Waals surface area (Å²) in [4.78, 5) is 34.4. The Kier molecular flexibility index (Phi) is 7.12. The number of ketones is 1. The number of rotatable bonds is 6. The van der Waals surface area contributed by atoms with Crippen LogP contribution in [0, 0.1) is 26.2 Å². The number of sulfonamides is 1. The molecule has 0 unspecified atom stereocenters. The molecule has 1 aliphatic carbocycles. The number of benzene rings is 1. The van der Waals surface area contributed by atoms with E-state index in [0.29, 0.717) is 23.4 Å². The second-order valence-electron chi connectivity index (χ2n) is 10.2. The van der Waals surface area contributed by atoms with E-state index >= 15 is 0 Å². The Morgan fingerprint density at radius 2 is 1.74 bits per heavy atom. The largest absolute Gasteiger partial charge is 0.438 e. The van der Waals surface area contributed by atoms with Gasteiger partial charge in [0.15, 0.2) is 10.8 Å². The van der Waals surface area contributed by atoms with Crippen molar-refractivity contribution < 1.29 is 22.7 Å². The fourth-order valence-electron chi connectivity index (χ4n) is 4.41. The number of aromatic nitrogens is 2. The molecule has 2 heterocycles. The topological polar surface area (TPSA) is 141 Å². The van der Waals surface area contributed by atoms with E-state index in [0.717, 1.165) is 23.1 Å². The fourth-order valence-corrected chi connectivity index (χ4v) is 5.35. The summed E-state index contributed by atoms with van der Waals surface area (Å²) in [5.41, 5.74) is 8.73. The van der Waals surface area contributed by atoms with Crippen LogP contribution >= 0.6 is 0 Å². The third-order valence-electron chi connectivity index (χ3n) is 6.26. The number of nitrogens with one attached hydrogen (secondary N) is 1. The summed E-state index contributed by atoms with van der Waals surface area (Å²) in [6, 6.07) is 10.9. The Labute approximate surface area is 222 Å². The molecule has 0 radical (unpaired) electrons. The maximum atomic E-state index is 13.3. The SMILES string of the molecule is Cc1cc(C)c(Oc2nc(C3=CC(C)(C)CCC3=O)ccc2C(=O)NS(=O)(=O)c2cccc(N)n2)c(C)c1. The molecule has 3 aromatic rings. The highest BCUT2D eigenvalue weighted by molar-refractivity contribution is 7.90. The number of ether oxygens (including phenoxy) is 1. The van der Waals surface area contributed by atoms with Gasteiger partial charge in [-0.2, -0.15) is 8.42 Å². The van der Waals surface area contributed by atoms with E-state index in [2.05, 4.69) is 9.97 Å². The molecule has 0 saturated heterocycles. The Balaban J connectivity index is 1.80. The number of pyridine rings is 2. The standard InChI is InChI=1S/C28H30N4O5S/c1-16-13-17(2)25(18(3)14-16)37-27-19(26(34)32-38(35,36)24-8-6-7-23(29)31-24)9-10-21(30-27)20-15-28(4,5)12-11-22(20)33/h6-10,13-15H,11-12H2,1-5H3,(H2,29,31)(H,32,34). The van der Waals surface area contributed by atoms with Crippen LogP contribution in [0.4, 0.5) is 5.82 Å². The summed E-state index contributed by atoms with van der Waals surface area (Å²) in [6.07, 6.45) is 2.97. The van der Waals surface area contributed by atoms with Gasteiger partial charge < -0.3 is 10.5 Å². The van der Waals surface area contributed by atoms with Crippen LogP contribution in [0.5, 0.6) is 11.6 Å². The van der Waals surface area contributed by atoms with E-state index in [1.54, 1.807) is 0 Å². The number of hydrogen-bond acceptors (Lipinski definition) is 8. The molecule has 0 aliphatic heterocycles. The first-order valence-corrected chi connectivity index (χ1v) is 13.6. The van der Waals surface area contributed by atoms with Crippen molar-refractivity contribution in [3.05, 3.63) is 76.5 Å². The molecule has 1 aliphatic rings. The van der Waals surface area contributed by atoms with Gasteiger partial charge in [0.25, 0.3) is 15.9 Å². The number of hydrogen-bond donors (Lipinski definition) is 2. The molecule has 10 heteroatoms. The van der Waals surface area contributed by atoms with Crippen molar-refractivity contribution in [3.63, 3.8) is 0 Å². The molecule has 198 valence electrons. The molecule has 38 heavy (non-hydrogen) atoms. The number of nitrogen functional groups attached to an aromatic ring is 1. The first-order valence-electron chi connectivity index (χ1n) is 12.1. The molecule has 1 aromatic carbocycles. The van der Waals surface area contributed by atoms with Crippen LogP contribution in [-0.2, 0) is 14.8 Å². The molecule has 0 atom stereocenters. The molecular formula is C28H30N4O5S. The minimum Gasteiger partial charge on any atom is -0.438 e. The average Bonchev–Trinajstić information content (AvgIpc) is 2.82. The van der Waals surface area contributed by atoms with Crippen molar-refractivity contribution >= 4 is 33.1 Å². The lowest BCUT2D eigenvalue weighted by molar-refractivity contribution is -0.114. The molecule has 0 saturated carbocycles. The Morgan fingerprint density at radius 1 is 1.05 bits per heavy atom. The number of nitrogens with zero attached hydrogens (tertiary/aromatic N) is 2. The van der Waals surface area contributed by atoms with E-state index < -0.39 is 21.0 Å². The number of aryl methyl sites for hydroxylation is 3. The van der Waals surface area contributed by atoms with Crippen LogP contribution in [-0.4, -0.2) is 30.1 Å². The van der Waals surface area contributed by atoms with Crippen LogP contribution in [0.1, 0.15) is 59.4 Å². The lowest BCUT2D eigenvalue weighted by Crippen LogP contribution is -2.31. The molecule has 0 fully saturated rings. The maximum absolute atomic E-state index is 13.3. The molecular weight excluding hydrogens is 504 g/mol. The summed E-state index contributed by atoms with van der Waals surface area (Å²) in [6.45, 7) is 9.76. The summed E-state index contributed by atoms with van der Waals surface area (Å²) < 4.78 is 33.9. The zero-order valence-corrected chi connectivity index (χ0v) is 22.8. The quantitative estimate of drug-likeness (QED) is 0.465. The second kappa shape index (κ2) is 10.0. The van der Waals surface area contributed by atoms with Crippen LogP contribution in [0.3, 0.4) is 0 Å². The predicted octanol–water partition coefficient (Wildman–Crippen LogP) is 4.67. The number of carbonyl (C=O) groups is 2. The monoisotopic (exact) mass is 534 g/mol. The van der Waals surface area contributed by atoms with Crippen LogP contribution < -0.4 is 15.2 Å². The van der Waals surface area contributed by atoms with Gasteiger partial charge >= 0.3 is 0 Å². The van der Waals surface area contributed by atoms with Gasteiger partial charge in [-0.3, -0.25) is 9.59 Å². The lowest BCUT2D eigenvalue weighted by Gasteiger charge is -2.26. The zero-order chi connectivity index (χ0) is 27.8. The normalized spacial score (nSPS) is 15.1. The van der Waals surface area contributed by atoms with Crippen LogP contribution in [0.25, 0.3) is 5.57 Å². The van der Waals surface area contributed by atoms with Crippen molar-refractivity contribution in [3.8, 4) is 11.6 Å². The van der Waals surface area contributed by atoms with Crippen molar-refractivity contribution in [2.45, 2.75) is 52.5 Å². The molecule has 0 spiro atoms. The van der Waals surface area contributed by atoms with E-state index in [1.165, 1.54) is 30.3 Å². The van der Waals surface area contributed by atoms with E-state index in [9.17, 15) is 18.0 Å². The average molecular weight is 535 g/mol. The summed E-state index contributed by atoms with van der Waals surface area (Å²) in [5, 5.41) is -0.400. The van der Waals surface area contributed by atoms with Gasteiger partial charge in [-0.05, 0) is 68.0 Å². The molecule has 0 bridgehead atoms. The number of nitrogens with two attached hydrogens (primary N) is 1. The molecule has 1 amide bonds. The lowest BCUT2D eigenvalue weighted by atomic mass is 9.78. The highest BCUT2D eigenvalue weighted by atomic mass is 32.2. The van der Waals surface area contributed by atoms with Gasteiger partial charge in [-0.25, -0.2) is 14.7 Å². The Morgan fingerprint density at radius 3 is 2.39 bits per heavy atom. The highest BCUT2D eigenvalue weighted by Gasteiger charge is 2.29. The predicted molar refractivity (Wildman–Crippen MR) is 144 cm³/mol. The van der Waals surface area contributed by atoms with E-state index in [4.69, 9.17) is 10.5 Å². The van der Waals surface area contributed by atoms with Gasteiger partial charge in [0.2, 0.25) is 5.88 Å². The maximum Gasteiger partial charge on any atom is 0.281 e. The second-order valence-corrected chi connectivity index (χ2v) is 11.8. The van der Waals surface area contributed by atoms with Crippen LogP contribution in [0.15, 0.2) is 53.6 Å². The number of amides is 1. The summed E-state index contributed by atoms with van der Waals surface area (Å²) in [5.74, 6) is -0.663. The van der Waals surface area contributed by atoms with Gasteiger partial charge in [0, 0.05) is 12.0 Å². The first-order chi connectivity index (χ1) is 17.8. The smallest absolute Gasteiger partial charge is 0.281 e. The van der Waals surface area contributed by atoms with Gasteiger partial charge in [-0.15, -0.1) is 0 Å². The van der Waals surface area contributed by atoms with Crippen molar-refractivity contribution in [1.82, 2.24) is 14.7 Å². The molecule has 9 nitrogen and oxygen atoms in total. The van der Waals surface area contributed by atoms with E-state index in [1.807, 2.05) is 57.5 Å². The van der Waals surface area contributed by atoms with Crippen molar-refractivity contribution in [1.29, 1.82) is 0 Å². The number of carbonyl (C=O) groups excluding carboxylic acids is 2. The summed E-state index contributed by atoms with van der Waals surface area (Å²) in [7, 11) is -4.34. The minimum atomic E-state index is -4.34. The highest BCUT2D eigenvalue weighted by Crippen LogP contribution is 2.37.